The molecule has 0 saturated heterocycles. The van der Waals surface area contributed by atoms with Gasteiger partial charge in [0.1, 0.15) is 5.82 Å². The van der Waals surface area contributed by atoms with Gasteiger partial charge < -0.3 is 15.3 Å². The topological polar surface area (TPSA) is 69.6 Å². The summed E-state index contributed by atoms with van der Waals surface area (Å²) >= 11 is 0. The third kappa shape index (κ3) is 3.26. The lowest BCUT2D eigenvalue weighted by molar-refractivity contribution is 0.0697. The van der Waals surface area contributed by atoms with Crippen LogP contribution in [0.25, 0.3) is 0 Å². The molecule has 1 aromatic carbocycles. The van der Waals surface area contributed by atoms with Crippen molar-refractivity contribution in [2.24, 2.45) is 5.92 Å². The Hall–Kier alpha value is -2.11. The van der Waals surface area contributed by atoms with E-state index in [1.54, 1.807) is 7.05 Å². The van der Waals surface area contributed by atoms with E-state index in [0.29, 0.717) is 12.5 Å². The highest BCUT2D eigenvalue weighted by atomic mass is 19.1. The Balaban J connectivity index is 2.04. The Kier molecular flexibility index (Phi) is 4.22. The van der Waals surface area contributed by atoms with E-state index in [1.165, 1.54) is 17.4 Å². The number of carbonyl (C=O) groups excluding carboxylic acids is 1. The van der Waals surface area contributed by atoms with Gasteiger partial charge in [-0.05, 0) is 37.0 Å². The molecule has 1 aliphatic rings. The molecule has 108 valence electrons. The fourth-order valence-electron chi connectivity index (χ4n) is 2.16. The third-order valence-corrected chi connectivity index (χ3v) is 3.56. The number of benzene rings is 1. The summed E-state index contributed by atoms with van der Waals surface area (Å²) < 4.78 is 13.0. The molecular weight excluding hydrogens is 263 g/mol. The SMILES string of the molecule is CN(CC1CCC1)C(=O)Nc1ccc(F)cc1C(=O)O. The number of amides is 2. The predicted molar refractivity (Wildman–Crippen MR) is 72.3 cm³/mol. The Morgan fingerprint density at radius 3 is 2.70 bits per heavy atom. The molecule has 0 unspecified atom stereocenters. The van der Waals surface area contributed by atoms with Gasteiger partial charge in [-0.25, -0.2) is 14.0 Å². The smallest absolute Gasteiger partial charge is 0.337 e. The second-order valence-corrected chi connectivity index (χ2v) is 5.10. The first-order valence-corrected chi connectivity index (χ1v) is 6.52. The Morgan fingerprint density at radius 2 is 2.15 bits per heavy atom. The fraction of sp³-hybridized carbons (Fsp3) is 0.429. The van der Waals surface area contributed by atoms with Crippen molar-refractivity contribution in [3.8, 4) is 0 Å². The Labute approximate surface area is 116 Å². The van der Waals surface area contributed by atoms with Crippen LogP contribution in [0.3, 0.4) is 0 Å². The van der Waals surface area contributed by atoms with E-state index in [1.807, 2.05) is 0 Å². The van der Waals surface area contributed by atoms with E-state index in [-0.39, 0.29) is 17.3 Å². The molecule has 5 nitrogen and oxygen atoms in total. The second kappa shape index (κ2) is 5.90. The number of nitrogens with zero attached hydrogens (tertiary/aromatic N) is 1. The standard InChI is InChI=1S/C14H17FN2O3/c1-17(8-9-3-2-4-9)14(20)16-12-6-5-10(15)7-11(12)13(18)19/h5-7,9H,2-4,8H2,1H3,(H,16,20)(H,18,19). The maximum absolute atomic E-state index is 13.0. The number of nitrogens with one attached hydrogen (secondary N) is 1. The number of hydrogen-bond acceptors (Lipinski definition) is 2. The molecule has 0 heterocycles. The Morgan fingerprint density at radius 1 is 1.45 bits per heavy atom. The second-order valence-electron chi connectivity index (χ2n) is 5.10. The number of hydrogen-bond donors (Lipinski definition) is 2. The summed E-state index contributed by atoms with van der Waals surface area (Å²) in [6, 6.07) is 2.89. The molecule has 6 heteroatoms. The third-order valence-electron chi connectivity index (χ3n) is 3.56. The number of aromatic carboxylic acids is 1. The summed E-state index contributed by atoms with van der Waals surface area (Å²) in [5, 5.41) is 11.5. The van der Waals surface area contributed by atoms with Gasteiger partial charge >= 0.3 is 12.0 Å². The molecule has 0 aliphatic heterocycles. The van der Waals surface area contributed by atoms with Gasteiger partial charge in [-0.15, -0.1) is 0 Å². The number of carboxylic acids is 1. The monoisotopic (exact) mass is 280 g/mol. The van der Waals surface area contributed by atoms with Crippen molar-refractivity contribution in [2.45, 2.75) is 19.3 Å². The zero-order chi connectivity index (χ0) is 14.7. The predicted octanol–water partition coefficient (Wildman–Crippen LogP) is 2.79. The summed E-state index contributed by atoms with van der Waals surface area (Å²) in [7, 11) is 1.66. The molecule has 0 atom stereocenters. The lowest BCUT2D eigenvalue weighted by Crippen LogP contribution is -2.37. The van der Waals surface area contributed by atoms with E-state index >= 15 is 0 Å². The number of carbonyl (C=O) groups is 2. The van der Waals surface area contributed by atoms with Gasteiger partial charge in [0.2, 0.25) is 0 Å². The maximum Gasteiger partial charge on any atom is 0.337 e. The van der Waals surface area contributed by atoms with Crippen molar-refractivity contribution < 1.29 is 19.1 Å². The molecule has 1 fully saturated rings. The van der Waals surface area contributed by atoms with Gasteiger partial charge in [0.15, 0.2) is 0 Å². The van der Waals surface area contributed by atoms with Crippen LogP contribution in [-0.2, 0) is 0 Å². The van der Waals surface area contributed by atoms with E-state index in [9.17, 15) is 14.0 Å². The maximum atomic E-state index is 13.0. The molecule has 2 amide bonds. The highest BCUT2D eigenvalue weighted by Crippen LogP contribution is 2.27. The molecule has 0 aromatic heterocycles. The first-order chi connectivity index (χ1) is 9.47. The van der Waals surface area contributed by atoms with Crippen molar-refractivity contribution >= 4 is 17.7 Å². The summed E-state index contributed by atoms with van der Waals surface area (Å²) in [6.45, 7) is 0.648. The van der Waals surface area contributed by atoms with Gasteiger partial charge in [-0.1, -0.05) is 6.42 Å². The minimum Gasteiger partial charge on any atom is -0.478 e. The molecule has 0 radical (unpaired) electrons. The molecule has 2 rings (SSSR count). The Bertz CT molecular complexity index is 529. The summed E-state index contributed by atoms with van der Waals surface area (Å²) in [5.74, 6) is -1.40. The molecule has 0 spiro atoms. The molecule has 1 aliphatic carbocycles. The zero-order valence-corrected chi connectivity index (χ0v) is 11.2. The molecule has 2 N–H and O–H groups in total. The van der Waals surface area contributed by atoms with Gasteiger partial charge in [-0.3, -0.25) is 0 Å². The van der Waals surface area contributed by atoms with Crippen LogP contribution >= 0.6 is 0 Å². The van der Waals surface area contributed by atoms with Crippen LogP contribution in [0.15, 0.2) is 18.2 Å². The van der Waals surface area contributed by atoms with Crippen molar-refractivity contribution in [2.75, 3.05) is 18.9 Å². The summed E-state index contributed by atoms with van der Waals surface area (Å²) in [6.07, 6.45) is 3.43. The van der Waals surface area contributed by atoms with Gasteiger partial charge in [-0.2, -0.15) is 0 Å². The van der Waals surface area contributed by atoms with Crippen molar-refractivity contribution in [3.05, 3.63) is 29.6 Å². The van der Waals surface area contributed by atoms with Crippen molar-refractivity contribution in [3.63, 3.8) is 0 Å². The first kappa shape index (κ1) is 14.3. The van der Waals surface area contributed by atoms with Gasteiger partial charge in [0.05, 0.1) is 11.3 Å². The minimum atomic E-state index is -1.28. The molecule has 1 saturated carbocycles. The highest BCUT2D eigenvalue weighted by Gasteiger charge is 2.22. The lowest BCUT2D eigenvalue weighted by atomic mass is 9.85. The van der Waals surface area contributed by atoms with Crippen LogP contribution in [0.1, 0.15) is 29.6 Å². The van der Waals surface area contributed by atoms with Crippen LogP contribution in [-0.4, -0.2) is 35.6 Å². The molecular formula is C14H17FN2O3. The van der Waals surface area contributed by atoms with Crippen LogP contribution in [0.4, 0.5) is 14.9 Å². The van der Waals surface area contributed by atoms with Crippen molar-refractivity contribution in [1.82, 2.24) is 4.90 Å². The van der Waals surface area contributed by atoms with Gasteiger partial charge in [0.25, 0.3) is 0 Å². The number of urea groups is 1. The fourth-order valence-corrected chi connectivity index (χ4v) is 2.16. The largest absolute Gasteiger partial charge is 0.478 e. The molecule has 20 heavy (non-hydrogen) atoms. The van der Waals surface area contributed by atoms with Crippen LogP contribution in [0.5, 0.6) is 0 Å². The minimum absolute atomic E-state index is 0.101. The van der Waals surface area contributed by atoms with Crippen molar-refractivity contribution in [1.29, 1.82) is 0 Å². The number of rotatable bonds is 4. The van der Waals surface area contributed by atoms with E-state index < -0.39 is 11.8 Å². The average molecular weight is 280 g/mol. The van der Waals surface area contributed by atoms with E-state index in [2.05, 4.69) is 5.32 Å². The normalized spacial score (nSPS) is 14.5. The van der Waals surface area contributed by atoms with E-state index in [0.717, 1.165) is 25.0 Å². The average Bonchev–Trinajstić information content (AvgIpc) is 2.35. The van der Waals surface area contributed by atoms with E-state index in [4.69, 9.17) is 5.11 Å². The number of anilines is 1. The summed E-state index contributed by atoms with van der Waals surface area (Å²) in [5.41, 5.74) is -0.153. The quantitative estimate of drug-likeness (QED) is 0.891. The number of carboxylic acid groups (broad SMARTS) is 1. The van der Waals surface area contributed by atoms with Crippen LogP contribution < -0.4 is 5.32 Å². The molecule has 1 aromatic rings. The highest BCUT2D eigenvalue weighted by molar-refractivity contribution is 5.99. The zero-order valence-electron chi connectivity index (χ0n) is 11.2. The summed E-state index contributed by atoms with van der Waals surface area (Å²) in [4.78, 5) is 24.5. The number of halogens is 1. The van der Waals surface area contributed by atoms with Gasteiger partial charge in [0, 0.05) is 13.6 Å². The molecule has 0 bridgehead atoms. The first-order valence-electron chi connectivity index (χ1n) is 6.52. The van der Waals surface area contributed by atoms with Crippen LogP contribution in [0, 0.1) is 11.7 Å². The lowest BCUT2D eigenvalue weighted by Gasteiger charge is -2.30. The van der Waals surface area contributed by atoms with Crippen LogP contribution in [0.2, 0.25) is 0 Å².